The van der Waals surface area contributed by atoms with Gasteiger partial charge in [0, 0.05) is 12.6 Å². The molecule has 1 heterocycles. The van der Waals surface area contributed by atoms with E-state index < -0.39 is 0 Å². The van der Waals surface area contributed by atoms with Crippen LogP contribution in [-0.2, 0) is 4.74 Å². The summed E-state index contributed by atoms with van der Waals surface area (Å²) in [4.78, 5) is 0. The molecule has 2 unspecified atom stereocenters. The summed E-state index contributed by atoms with van der Waals surface area (Å²) in [7, 11) is 0. The number of ether oxygens (including phenoxy) is 1. The molecule has 1 N–H and O–H groups in total. The van der Waals surface area contributed by atoms with E-state index in [9.17, 15) is 0 Å². The first-order chi connectivity index (χ1) is 8.22. The van der Waals surface area contributed by atoms with Gasteiger partial charge in [-0.3, -0.25) is 0 Å². The fourth-order valence-corrected chi connectivity index (χ4v) is 2.38. The molecular formula is C15H29NO. The van der Waals surface area contributed by atoms with Crippen LogP contribution in [0.1, 0.15) is 58.8 Å². The average Bonchev–Trinajstić information content (AvgIpc) is 2.80. The van der Waals surface area contributed by atoms with Crippen molar-refractivity contribution >= 4 is 0 Å². The molecule has 0 spiro atoms. The molecule has 0 saturated carbocycles. The highest BCUT2D eigenvalue weighted by atomic mass is 16.5. The first-order valence-electron chi connectivity index (χ1n) is 7.21. The van der Waals surface area contributed by atoms with Crippen molar-refractivity contribution in [2.75, 3.05) is 13.2 Å². The lowest BCUT2D eigenvalue weighted by atomic mass is 10.00. The third kappa shape index (κ3) is 6.85. The molecule has 0 aliphatic carbocycles. The van der Waals surface area contributed by atoms with Crippen molar-refractivity contribution in [3.05, 3.63) is 12.2 Å². The molecule has 2 heteroatoms. The third-order valence-electron chi connectivity index (χ3n) is 3.46. The van der Waals surface area contributed by atoms with Crippen molar-refractivity contribution in [3.63, 3.8) is 0 Å². The molecular weight excluding hydrogens is 210 g/mol. The molecule has 2 nitrogen and oxygen atoms in total. The number of allylic oxidation sites excluding steroid dienone is 1. The molecule has 0 aromatic rings. The second-order valence-electron chi connectivity index (χ2n) is 5.36. The molecule has 1 rings (SSSR count). The van der Waals surface area contributed by atoms with Crippen LogP contribution in [0.3, 0.4) is 0 Å². The van der Waals surface area contributed by atoms with Crippen LogP contribution in [0.2, 0.25) is 0 Å². The molecule has 0 radical (unpaired) electrons. The summed E-state index contributed by atoms with van der Waals surface area (Å²) in [5.74, 6) is 0. The summed E-state index contributed by atoms with van der Waals surface area (Å²) < 4.78 is 5.69. The van der Waals surface area contributed by atoms with Crippen LogP contribution >= 0.6 is 0 Å². The van der Waals surface area contributed by atoms with Crippen molar-refractivity contribution < 1.29 is 4.74 Å². The lowest BCUT2D eigenvalue weighted by Crippen LogP contribution is -2.30. The summed E-state index contributed by atoms with van der Waals surface area (Å²) in [6.07, 6.45) is 9.10. The maximum Gasteiger partial charge on any atom is 0.0576 e. The van der Waals surface area contributed by atoms with E-state index in [0.717, 1.165) is 19.6 Å². The average molecular weight is 239 g/mol. The predicted molar refractivity (Wildman–Crippen MR) is 74.3 cm³/mol. The lowest BCUT2D eigenvalue weighted by molar-refractivity contribution is 0.0993. The van der Waals surface area contributed by atoms with Crippen molar-refractivity contribution in [1.29, 1.82) is 0 Å². The molecule has 17 heavy (non-hydrogen) atoms. The maximum absolute atomic E-state index is 5.69. The van der Waals surface area contributed by atoms with Crippen molar-refractivity contribution in [2.24, 2.45) is 0 Å². The van der Waals surface area contributed by atoms with Gasteiger partial charge in [0.15, 0.2) is 0 Å². The largest absolute Gasteiger partial charge is 0.378 e. The molecule has 0 aromatic carbocycles. The fraction of sp³-hybridized carbons (Fsp3) is 0.867. The Balaban J connectivity index is 2.20. The highest BCUT2D eigenvalue weighted by Gasteiger charge is 2.17. The number of hydrogen-bond acceptors (Lipinski definition) is 2. The minimum atomic E-state index is 0.533. The summed E-state index contributed by atoms with van der Waals surface area (Å²) in [6, 6.07) is 0.649. The van der Waals surface area contributed by atoms with Gasteiger partial charge in [-0.1, -0.05) is 12.5 Å². The third-order valence-corrected chi connectivity index (χ3v) is 3.46. The summed E-state index contributed by atoms with van der Waals surface area (Å²) in [5.41, 5.74) is 1.30. The SMILES string of the molecule is C=C(C)CCC(CCC1CCCO1)NCCC. The standard InChI is InChI=1S/C15H29NO/c1-4-11-16-14(8-7-13(2)3)9-10-15-6-5-12-17-15/h14-16H,2,4-12H2,1,3H3. The van der Waals surface area contributed by atoms with E-state index in [0.29, 0.717) is 12.1 Å². The normalized spacial score (nSPS) is 21.6. The zero-order valence-electron chi connectivity index (χ0n) is 11.6. The van der Waals surface area contributed by atoms with Crippen LogP contribution in [0, 0.1) is 0 Å². The Morgan fingerprint density at radius 1 is 1.47 bits per heavy atom. The van der Waals surface area contributed by atoms with Gasteiger partial charge in [-0.25, -0.2) is 0 Å². The van der Waals surface area contributed by atoms with Crippen LogP contribution in [0.5, 0.6) is 0 Å². The van der Waals surface area contributed by atoms with Crippen LogP contribution in [0.25, 0.3) is 0 Å². The van der Waals surface area contributed by atoms with Crippen LogP contribution in [0.4, 0.5) is 0 Å². The number of hydrogen-bond donors (Lipinski definition) is 1. The van der Waals surface area contributed by atoms with Crippen LogP contribution in [-0.4, -0.2) is 25.3 Å². The van der Waals surface area contributed by atoms with Gasteiger partial charge in [0.25, 0.3) is 0 Å². The fourth-order valence-electron chi connectivity index (χ4n) is 2.38. The monoisotopic (exact) mass is 239 g/mol. The smallest absolute Gasteiger partial charge is 0.0576 e. The minimum absolute atomic E-state index is 0.533. The van der Waals surface area contributed by atoms with Gasteiger partial charge in [-0.15, -0.1) is 6.58 Å². The lowest BCUT2D eigenvalue weighted by Gasteiger charge is -2.20. The summed E-state index contributed by atoms with van der Waals surface area (Å²) >= 11 is 0. The second kappa shape index (κ2) is 8.71. The molecule has 1 saturated heterocycles. The van der Waals surface area contributed by atoms with Crippen molar-refractivity contribution in [3.8, 4) is 0 Å². The Bertz CT molecular complexity index is 209. The van der Waals surface area contributed by atoms with Gasteiger partial charge in [-0.2, -0.15) is 0 Å². The molecule has 1 aliphatic heterocycles. The molecule has 0 amide bonds. The topological polar surface area (TPSA) is 21.3 Å². The van der Waals surface area contributed by atoms with E-state index in [1.54, 1.807) is 0 Å². The van der Waals surface area contributed by atoms with Gasteiger partial charge in [0.2, 0.25) is 0 Å². The van der Waals surface area contributed by atoms with E-state index in [4.69, 9.17) is 4.74 Å². The molecule has 100 valence electrons. The molecule has 2 atom stereocenters. The van der Waals surface area contributed by atoms with E-state index in [1.807, 2.05) is 0 Å². The predicted octanol–water partition coefficient (Wildman–Crippen LogP) is 3.67. The maximum atomic E-state index is 5.69. The highest BCUT2D eigenvalue weighted by Crippen LogP contribution is 2.19. The molecule has 0 bridgehead atoms. The zero-order chi connectivity index (χ0) is 12.5. The Labute approximate surface area is 107 Å². The zero-order valence-corrected chi connectivity index (χ0v) is 11.6. The van der Waals surface area contributed by atoms with Crippen LogP contribution in [0.15, 0.2) is 12.2 Å². The van der Waals surface area contributed by atoms with Crippen LogP contribution < -0.4 is 5.32 Å². The second-order valence-corrected chi connectivity index (χ2v) is 5.36. The first-order valence-corrected chi connectivity index (χ1v) is 7.21. The van der Waals surface area contributed by atoms with Gasteiger partial charge in [-0.05, 0) is 58.4 Å². The van der Waals surface area contributed by atoms with Gasteiger partial charge >= 0.3 is 0 Å². The molecule has 0 aromatic heterocycles. The van der Waals surface area contributed by atoms with Gasteiger partial charge in [0.1, 0.15) is 0 Å². The Morgan fingerprint density at radius 3 is 2.88 bits per heavy atom. The van der Waals surface area contributed by atoms with Crippen molar-refractivity contribution in [2.45, 2.75) is 70.9 Å². The van der Waals surface area contributed by atoms with Crippen molar-refractivity contribution in [1.82, 2.24) is 5.32 Å². The molecule has 1 fully saturated rings. The first kappa shape index (κ1) is 14.7. The summed E-state index contributed by atoms with van der Waals surface area (Å²) in [5, 5.41) is 3.65. The van der Waals surface area contributed by atoms with Gasteiger partial charge < -0.3 is 10.1 Å². The van der Waals surface area contributed by atoms with E-state index in [-0.39, 0.29) is 0 Å². The molecule has 1 aliphatic rings. The Kier molecular flexibility index (Phi) is 7.54. The Morgan fingerprint density at radius 2 is 2.29 bits per heavy atom. The minimum Gasteiger partial charge on any atom is -0.378 e. The van der Waals surface area contributed by atoms with E-state index >= 15 is 0 Å². The highest BCUT2D eigenvalue weighted by molar-refractivity contribution is 4.89. The number of nitrogens with one attached hydrogen (secondary N) is 1. The quantitative estimate of drug-likeness (QED) is 0.620. The number of rotatable bonds is 9. The Hall–Kier alpha value is -0.340. The van der Waals surface area contributed by atoms with E-state index in [2.05, 4.69) is 25.7 Å². The summed E-state index contributed by atoms with van der Waals surface area (Å²) in [6.45, 7) is 10.4. The van der Waals surface area contributed by atoms with E-state index in [1.165, 1.54) is 44.1 Å². The van der Waals surface area contributed by atoms with Gasteiger partial charge in [0.05, 0.1) is 6.10 Å².